The molecule has 1 aliphatic heterocycles. The molecule has 0 fully saturated rings. The molecule has 0 saturated heterocycles. The monoisotopic (exact) mass is 138 g/mol. The summed E-state index contributed by atoms with van der Waals surface area (Å²) >= 11 is 0. The average molecular weight is 138 g/mol. The minimum atomic E-state index is 0.699. The SMILES string of the molecule is CN1COCc2[nH]ccc21. The highest BCUT2D eigenvalue weighted by molar-refractivity contribution is 5.50. The summed E-state index contributed by atoms with van der Waals surface area (Å²) in [4.78, 5) is 5.20. The highest BCUT2D eigenvalue weighted by Gasteiger charge is 2.13. The predicted molar refractivity (Wildman–Crippen MR) is 38.9 cm³/mol. The number of nitrogens with zero attached hydrogens (tertiary/aromatic N) is 1. The Balaban J connectivity index is 2.41. The molecule has 0 atom stereocenters. The van der Waals surface area contributed by atoms with E-state index in [2.05, 4.69) is 16.0 Å². The van der Waals surface area contributed by atoms with Gasteiger partial charge in [-0.15, -0.1) is 0 Å². The number of nitrogens with one attached hydrogen (secondary N) is 1. The maximum Gasteiger partial charge on any atom is 0.119 e. The molecule has 0 spiro atoms. The molecule has 0 radical (unpaired) electrons. The molecular weight excluding hydrogens is 128 g/mol. The first-order chi connectivity index (χ1) is 4.88. The lowest BCUT2D eigenvalue weighted by atomic mass is 10.3. The van der Waals surface area contributed by atoms with Gasteiger partial charge >= 0.3 is 0 Å². The zero-order valence-corrected chi connectivity index (χ0v) is 5.92. The normalized spacial score (nSPS) is 17.1. The Kier molecular flexibility index (Phi) is 1.17. The fourth-order valence-corrected chi connectivity index (χ4v) is 1.22. The van der Waals surface area contributed by atoms with Crippen LogP contribution in [0.25, 0.3) is 0 Å². The Bertz CT molecular complexity index is 231. The van der Waals surface area contributed by atoms with Crippen molar-refractivity contribution in [2.45, 2.75) is 6.61 Å². The second-order valence-corrected chi connectivity index (χ2v) is 2.52. The Hall–Kier alpha value is -0.960. The quantitative estimate of drug-likeness (QED) is 0.578. The third kappa shape index (κ3) is 0.708. The first kappa shape index (κ1) is 5.80. The molecule has 2 rings (SSSR count). The molecule has 0 aromatic carbocycles. The number of hydrogen-bond acceptors (Lipinski definition) is 2. The minimum Gasteiger partial charge on any atom is -0.361 e. The standard InChI is InChI=1S/C7H10N2O/c1-9-5-10-4-6-7(9)2-3-8-6/h2-3,8H,4-5H2,1H3. The maximum absolute atomic E-state index is 5.26. The topological polar surface area (TPSA) is 28.3 Å². The molecule has 0 amide bonds. The van der Waals surface area contributed by atoms with Gasteiger partial charge in [-0.3, -0.25) is 0 Å². The fourth-order valence-electron chi connectivity index (χ4n) is 1.22. The molecule has 10 heavy (non-hydrogen) atoms. The first-order valence-corrected chi connectivity index (χ1v) is 3.33. The van der Waals surface area contributed by atoms with Crippen LogP contribution in [0.2, 0.25) is 0 Å². The van der Waals surface area contributed by atoms with E-state index < -0.39 is 0 Å². The van der Waals surface area contributed by atoms with E-state index in [4.69, 9.17) is 4.74 Å². The van der Waals surface area contributed by atoms with Crippen molar-refractivity contribution >= 4 is 5.69 Å². The number of aromatic amines is 1. The molecule has 0 bridgehead atoms. The number of anilines is 1. The Morgan fingerprint density at radius 3 is 3.40 bits per heavy atom. The van der Waals surface area contributed by atoms with Gasteiger partial charge in [-0.05, 0) is 6.07 Å². The minimum absolute atomic E-state index is 0.699. The lowest BCUT2D eigenvalue weighted by Gasteiger charge is -2.24. The number of rotatable bonds is 0. The summed E-state index contributed by atoms with van der Waals surface area (Å²) < 4.78 is 5.26. The zero-order chi connectivity index (χ0) is 6.97. The van der Waals surface area contributed by atoms with Crippen molar-refractivity contribution in [3.63, 3.8) is 0 Å². The summed E-state index contributed by atoms with van der Waals surface area (Å²) in [5.41, 5.74) is 2.43. The maximum atomic E-state index is 5.26. The highest BCUT2D eigenvalue weighted by Crippen LogP contribution is 2.22. The fraction of sp³-hybridized carbons (Fsp3) is 0.429. The summed E-state index contributed by atoms with van der Waals surface area (Å²) in [6.45, 7) is 1.41. The van der Waals surface area contributed by atoms with E-state index in [9.17, 15) is 0 Å². The number of hydrogen-bond donors (Lipinski definition) is 1. The third-order valence-corrected chi connectivity index (χ3v) is 1.75. The van der Waals surface area contributed by atoms with Crippen LogP contribution in [0.4, 0.5) is 5.69 Å². The Labute approximate surface area is 59.6 Å². The van der Waals surface area contributed by atoms with E-state index in [1.807, 2.05) is 13.2 Å². The summed E-state index contributed by atoms with van der Waals surface area (Å²) in [6, 6.07) is 2.07. The van der Waals surface area contributed by atoms with Crippen LogP contribution in [0.15, 0.2) is 12.3 Å². The molecule has 54 valence electrons. The van der Waals surface area contributed by atoms with Crippen molar-refractivity contribution in [1.29, 1.82) is 0 Å². The van der Waals surface area contributed by atoms with Crippen LogP contribution in [0, 0.1) is 0 Å². The summed E-state index contributed by atoms with van der Waals surface area (Å²) in [5, 5.41) is 0. The van der Waals surface area contributed by atoms with Gasteiger partial charge in [0, 0.05) is 13.2 Å². The van der Waals surface area contributed by atoms with Crippen LogP contribution in [-0.2, 0) is 11.3 Å². The van der Waals surface area contributed by atoms with Gasteiger partial charge < -0.3 is 14.6 Å². The lowest BCUT2D eigenvalue weighted by molar-refractivity contribution is 0.111. The predicted octanol–water partition coefficient (Wildman–Crippen LogP) is 0.939. The highest BCUT2D eigenvalue weighted by atomic mass is 16.5. The van der Waals surface area contributed by atoms with Gasteiger partial charge in [-0.2, -0.15) is 0 Å². The van der Waals surface area contributed by atoms with Crippen molar-refractivity contribution in [2.24, 2.45) is 0 Å². The van der Waals surface area contributed by atoms with E-state index in [0.717, 1.165) is 0 Å². The molecule has 1 N–H and O–H groups in total. The van der Waals surface area contributed by atoms with E-state index >= 15 is 0 Å². The van der Waals surface area contributed by atoms with Crippen LogP contribution in [0.3, 0.4) is 0 Å². The van der Waals surface area contributed by atoms with Gasteiger partial charge in [0.1, 0.15) is 6.73 Å². The van der Waals surface area contributed by atoms with E-state index in [1.165, 1.54) is 11.4 Å². The van der Waals surface area contributed by atoms with Gasteiger partial charge in [0.2, 0.25) is 0 Å². The largest absolute Gasteiger partial charge is 0.361 e. The number of H-pyrrole nitrogens is 1. The first-order valence-electron chi connectivity index (χ1n) is 3.33. The molecule has 1 aromatic rings. The zero-order valence-electron chi connectivity index (χ0n) is 5.92. The second-order valence-electron chi connectivity index (χ2n) is 2.52. The van der Waals surface area contributed by atoms with Crippen molar-refractivity contribution in [1.82, 2.24) is 4.98 Å². The number of aromatic nitrogens is 1. The van der Waals surface area contributed by atoms with Gasteiger partial charge in [-0.25, -0.2) is 0 Å². The van der Waals surface area contributed by atoms with Crippen molar-refractivity contribution in [3.8, 4) is 0 Å². The van der Waals surface area contributed by atoms with Crippen molar-refractivity contribution in [2.75, 3.05) is 18.7 Å². The van der Waals surface area contributed by atoms with Crippen LogP contribution in [-0.4, -0.2) is 18.8 Å². The van der Waals surface area contributed by atoms with Gasteiger partial charge in [0.25, 0.3) is 0 Å². The number of fused-ring (bicyclic) bond motifs is 1. The Morgan fingerprint density at radius 2 is 2.60 bits per heavy atom. The van der Waals surface area contributed by atoms with E-state index in [1.54, 1.807) is 0 Å². The molecule has 3 nitrogen and oxygen atoms in total. The summed E-state index contributed by atoms with van der Waals surface area (Å²) in [7, 11) is 2.02. The second kappa shape index (κ2) is 2.02. The van der Waals surface area contributed by atoms with Crippen molar-refractivity contribution < 1.29 is 4.74 Å². The van der Waals surface area contributed by atoms with Crippen LogP contribution in [0.1, 0.15) is 5.69 Å². The molecule has 1 aliphatic rings. The van der Waals surface area contributed by atoms with Gasteiger partial charge in [0.05, 0.1) is 18.0 Å². The van der Waals surface area contributed by atoms with E-state index in [-0.39, 0.29) is 0 Å². The Morgan fingerprint density at radius 1 is 1.70 bits per heavy atom. The van der Waals surface area contributed by atoms with Crippen molar-refractivity contribution in [3.05, 3.63) is 18.0 Å². The molecule has 2 heterocycles. The van der Waals surface area contributed by atoms with E-state index in [0.29, 0.717) is 13.3 Å². The number of ether oxygens (including phenoxy) is 1. The smallest absolute Gasteiger partial charge is 0.119 e. The molecule has 0 saturated carbocycles. The average Bonchev–Trinajstić information content (AvgIpc) is 2.36. The van der Waals surface area contributed by atoms with Crippen LogP contribution in [0.5, 0.6) is 0 Å². The molecule has 0 aliphatic carbocycles. The summed E-state index contributed by atoms with van der Waals surface area (Å²) in [5.74, 6) is 0. The van der Waals surface area contributed by atoms with Crippen LogP contribution < -0.4 is 4.90 Å². The third-order valence-electron chi connectivity index (χ3n) is 1.75. The van der Waals surface area contributed by atoms with Gasteiger partial charge in [0.15, 0.2) is 0 Å². The molecular formula is C7H10N2O. The summed E-state index contributed by atoms with van der Waals surface area (Å²) in [6.07, 6.45) is 1.94. The van der Waals surface area contributed by atoms with Gasteiger partial charge in [-0.1, -0.05) is 0 Å². The molecule has 1 aromatic heterocycles. The molecule has 3 heteroatoms. The lowest BCUT2D eigenvalue weighted by Crippen LogP contribution is -2.25. The van der Waals surface area contributed by atoms with Crippen LogP contribution >= 0.6 is 0 Å². The molecule has 0 unspecified atom stereocenters.